The highest BCUT2D eigenvalue weighted by Gasteiger charge is 2.49. The molecule has 3 aromatic rings. The summed E-state index contributed by atoms with van der Waals surface area (Å²) < 4.78 is 28.3. The van der Waals surface area contributed by atoms with Gasteiger partial charge in [-0.15, -0.1) is 0 Å². The molecule has 1 aliphatic carbocycles. The molecule has 47 heavy (non-hydrogen) atoms. The van der Waals surface area contributed by atoms with Crippen molar-refractivity contribution in [2.75, 3.05) is 5.88 Å². The van der Waals surface area contributed by atoms with Crippen LogP contribution in [-0.2, 0) is 32.8 Å². The van der Waals surface area contributed by atoms with Crippen LogP contribution in [0.5, 0.6) is 0 Å². The maximum atomic E-state index is 14.4. The zero-order valence-corrected chi connectivity index (χ0v) is 27.0. The number of nitrogens with one attached hydrogen (secondary N) is 3. The van der Waals surface area contributed by atoms with Crippen LogP contribution < -0.4 is 10.2 Å². The van der Waals surface area contributed by atoms with E-state index in [9.17, 15) is 18.0 Å². The highest BCUT2D eigenvalue weighted by atomic mass is 35.5. The number of hydrogen-bond acceptors (Lipinski definition) is 8. The van der Waals surface area contributed by atoms with Crippen molar-refractivity contribution in [1.29, 1.82) is 0 Å². The molecule has 0 bridgehead atoms. The second-order valence-electron chi connectivity index (χ2n) is 10.9. The number of hydroxylamine groups is 1. The zero-order valence-electron chi connectivity index (χ0n) is 24.7. The molecule has 3 N–H and O–H groups in total. The van der Waals surface area contributed by atoms with Gasteiger partial charge in [-0.05, 0) is 53.2 Å². The van der Waals surface area contributed by atoms with E-state index in [0.29, 0.717) is 53.2 Å². The van der Waals surface area contributed by atoms with Crippen LogP contribution in [0, 0.1) is 0 Å². The largest absolute Gasteiger partial charge is 0.346 e. The number of azide groups is 2. The van der Waals surface area contributed by atoms with E-state index in [-0.39, 0.29) is 23.7 Å². The average molecular weight is 703 g/mol. The molecule has 5 rings (SSSR count). The van der Waals surface area contributed by atoms with Crippen molar-refractivity contribution in [3.63, 3.8) is 0 Å². The van der Waals surface area contributed by atoms with Gasteiger partial charge in [0.2, 0.25) is 10.0 Å². The third kappa shape index (κ3) is 7.63. The van der Waals surface area contributed by atoms with E-state index >= 15 is 0 Å². The molecule has 4 atom stereocenters. The van der Waals surface area contributed by atoms with E-state index in [1.807, 2.05) is 0 Å². The van der Waals surface area contributed by atoms with Gasteiger partial charge in [-0.25, -0.2) is 23.6 Å². The summed E-state index contributed by atoms with van der Waals surface area (Å²) in [7, 11) is -4.05. The Kier molecular flexibility index (Phi) is 10.9. The number of aromatic amines is 1. The monoisotopic (exact) mass is 701 g/mol. The van der Waals surface area contributed by atoms with Gasteiger partial charge in [0.05, 0.1) is 36.2 Å². The van der Waals surface area contributed by atoms with E-state index in [0.717, 1.165) is 0 Å². The van der Waals surface area contributed by atoms with Gasteiger partial charge in [-0.1, -0.05) is 70.5 Å². The summed E-state index contributed by atoms with van der Waals surface area (Å²) in [4.78, 5) is 48.0. The maximum absolute atomic E-state index is 14.4. The second-order valence-corrected chi connectivity index (χ2v) is 13.5. The molecule has 0 radical (unpaired) electrons. The van der Waals surface area contributed by atoms with Crippen molar-refractivity contribution < 1.29 is 22.8 Å². The molecule has 1 fully saturated rings. The third-order valence-electron chi connectivity index (χ3n) is 8.13. The molecule has 2 heterocycles. The molecule has 2 amide bonds. The van der Waals surface area contributed by atoms with Crippen molar-refractivity contribution >= 4 is 45.0 Å². The van der Waals surface area contributed by atoms with Gasteiger partial charge >= 0.3 is 0 Å². The molecule has 1 unspecified atom stereocenters. The lowest BCUT2D eigenvalue weighted by atomic mass is 9.76. The minimum Gasteiger partial charge on any atom is -0.346 e. The molecule has 1 aromatic heterocycles. The number of fused-ring (bicyclic) bond motifs is 1. The summed E-state index contributed by atoms with van der Waals surface area (Å²) in [6.07, 6.45) is 3.60. The van der Waals surface area contributed by atoms with Gasteiger partial charge < -0.3 is 9.88 Å². The van der Waals surface area contributed by atoms with Crippen molar-refractivity contribution in [2.24, 2.45) is 10.2 Å². The van der Waals surface area contributed by atoms with E-state index in [4.69, 9.17) is 39.1 Å². The fraction of sp³-hybridized carbons (Fsp3) is 0.393. The fourth-order valence-corrected chi connectivity index (χ4v) is 7.71. The number of carbonyl (C=O) groups excluding carboxylic acids is 2. The molecule has 0 spiro atoms. The van der Waals surface area contributed by atoms with Gasteiger partial charge in [-0.2, -0.15) is 0 Å². The number of hydrogen-bond donors (Lipinski definition) is 3. The van der Waals surface area contributed by atoms with Crippen LogP contribution in [0.4, 0.5) is 0 Å². The van der Waals surface area contributed by atoms with Gasteiger partial charge in [0, 0.05) is 37.5 Å². The van der Waals surface area contributed by atoms with Crippen molar-refractivity contribution in [1.82, 2.24) is 25.1 Å². The SMILES string of the molecule is [N-]=[N+]=NCc1nc[nH]c1CONC(=O)[C@@H]1c2ccccc2C(=O)N(C2CCCC[C@@H]2NS(=O)(=O)CN=[N+]=[N-])[C@H]1c1ccc(Cl)cc1Cl. The topological polar surface area (TPSA) is 231 Å². The second kappa shape index (κ2) is 15.0. The van der Waals surface area contributed by atoms with E-state index in [1.54, 1.807) is 36.4 Å². The highest BCUT2D eigenvalue weighted by molar-refractivity contribution is 7.89. The first-order valence-corrected chi connectivity index (χ1v) is 16.9. The Bertz CT molecular complexity index is 1860. The average Bonchev–Trinajstić information content (AvgIpc) is 3.50. The summed E-state index contributed by atoms with van der Waals surface area (Å²) in [6, 6.07) is 8.98. The Labute approximate surface area is 279 Å². The van der Waals surface area contributed by atoms with Gasteiger partial charge in [-0.3, -0.25) is 14.4 Å². The number of halogens is 2. The molecule has 2 aliphatic rings. The quantitative estimate of drug-likeness (QED) is 0.0946. The Morgan fingerprint density at radius 1 is 1.11 bits per heavy atom. The summed E-state index contributed by atoms with van der Waals surface area (Å²) in [5.41, 5.74) is 21.9. The smallest absolute Gasteiger partial charge is 0.255 e. The molecular formula is C28H29Cl2N11O5S. The summed E-state index contributed by atoms with van der Waals surface area (Å²) in [5.74, 6) is -2.88. The number of H-pyrrole nitrogens is 1. The Hall–Kier alpha value is -4.34. The molecule has 1 saturated carbocycles. The summed E-state index contributed by atoms with van der Waals surface area (Å²) in [5, 5.41) is 7.26. The highest BCUT2D eigenvalue weighted by Crippen LogP contribution is 2.48. The number of carbonyl (C=O) groups is 2. The van der Waals surface area contributed by atoms with Gasteiger partial charge in [0.25, 0.3) is 11.8 Å². The van der Waals surface area contributed by atoms with Crippen LogP contribution in [0.15, 0.2) is 59.0 Å². The Balaban J connectivity index is 1.56. The van der Waals surface area contributed by atoms with Crippen LogP contribution >= 0.6 is 23.2 Å². The number of sulfonamides is 1. The Morgan fingerprint density at radius 3 is 2.64 bits per heavy atom. The standard InChI is InChI=1S/C28H29Cl2N11O5S/c29-16-9-10-19(20(30)11-16)26-25(27(42)37-46-13-23-22(12-35-39-31)33-14-34-23)17-5-1-2-6-18(17)28(43)41(26)24-8-4-3-7-21(24)38-47(44,45)15-36-40-32/h1-2,5-6,9-11,14,21,24-26,38H,3-4,7-8,12-13,15H2,(H,33,34)(H,37,42)/t21-,24?,25+,26-/m0/s1. The molecule has 19 heteroatoms. The first kappa shape index (κ1) is 34.0. The van der Waals surface area contributed by atoms with E-state index < -0.39 is 51.8 Å². The molecular weight excluding hydrogens is 673 g/mol. The number of imidazole rings is 1. The van der Waals surface area contributed by atoms with Crippen molar-refractivity contribution in [2.45, 2.75) is 62.9 Å². The number of rotatable bonds is 12. The number of benzene rings is 2. The molecule has 16 nitrogen and oxygen atoms in total. The summed E-state index contributed by atoms with van der Waals surface area (Å²) in [6.45, 7) is -0.158. The first-order valence-electron chi connectivity index (χ1n) is 14.5. The number of aromatic nitrogens is 2. The predicted octanol–water partition coefficient (Wildman–Crippen LogP) is 5.55. The van der Waals surface area contributed by atoms with Crippen LogP contribution in [0.2, 0.25) is 10.0 Å². The lowest BCUT2D eigenvalue weighted by Gasteiger charge is -2.49. The third-order valence-corrected chi connectivity index (χ3v) is 9.81. The zero-order chi connectivity index (χ0) is 33.6. The van der Waals surface area contributed by atoms with Crippen molar-refractivity contribution in [3.05, 3.63) is 108 Å². The van der Waals surface area contributed by atoms with Crippen LogP contribution in [0.25, 0.3) is 20.9 Å². The minimum absolute atomic E-state index is 0.0218. The van der Waals surface area contributed by atoms with Crippen molar-refractivity contribution in [3.8, 4) is 0 Å². The molecule has 1 aliphatic heterocycles. The Morgan fingerprint density at radius 2 is 1.87 bits per heavy atom. The maximum Gasteiger partial charge on any atom is 0.255 e. The first-order chi connectivity index (χ1) is 22.6. The fourth-order valence-electron chi connectivity index (χ4n) is 6.17. The van der Waals surface area contributed by atoms with Gasteiger partial charge in [0.15, 0.2) is 0 Å². The number of amides is 2. The lowest BCUT2D eigenvalue weighted by Crippen LogP contribution is -2.59. The van der Waals surface area contributed by atoms with Crippen LogP contribution in [-0.4, -0.2) is 53.1 Å². The summed E-state index contributed by atoms with van der Waals surface area (Å²) >= 11 is 13.0. The van der Waals surface area contributed by atoms with Gasteiger partial charge in [0.1, 0.15) is 12.5 Å². The normalized spacial score (nSPS) is 20.9. The predicted molar refractivity (Wildman–Crippen MR) is 171 cm³/mol. The van der Waals surface area contributed by atoms with E-state index in [1.165, 1.54) is 17.3 Å². The van der Waals surface area contributed by atoms with Crippen LogP contribution in [0.1, 0.15) is 70.5 Å². The van der Waals surface area contributed by atoms with Crippen LogP contribution in [0.3, 0.4) is 0 Å². The molecule has 0 saturated heterocycles. The molecule has 2 aromatic carbocycles. The minimum atomic E-state index is -4.05. The van der Waals surface area contributed by atoms with E-state index in [2.05, 4.69) is 40.2 Å². The lowest BCUT2D eigenvalue weighted by molar-refractivity contribution is -0.138. The number of nitrogens with zero attached hydrogens (tertiary/aromatic N) is 8. The molecule has 246 valence electrons.